The molecule has 2 aromatic rings. The Hall–Kier alpha value is -2.08. The quantitative estimate of drug-likeness (QED) is 0.802. The first kappa shape index (κ1) is 18.7. The van der Waals surface area contributed by atoms with Gasteiger partial charge in [-0.25, -0.2) is 0 Å². The average molecular weight is 393 g/mol. The van der Waals surface area contributed by atoms with E-state index in [9.17, 15) is 9.59 Å². The van der Waals surface area contributed by atoms with Gasteiger partial charge in [-0.15, -0.1) is 0 Å². The van der Waals surface area contributed by atoms with E-state index in [-0.39, 0.29) is 22.9 Å². The Morgan fingerprint density at radius 1 is 1.08 bits per heavy atom. The first-order chi connectivity index (χ1) is 12.5. The van der Waals surface area contributed by atoms with Gasteiger partial charge in [0.1, 0.15) is 0 Å². The second-order valence-corrected chi connectivity index (χ2v) is 6.84. The van der Waals surface area contributed by atoms with Crippen molar-refractivity contribution in [1.82, 2.24) is 5.32 Å². The summed E-state index contributed by atoms with van der Waals surface area (Å²) in [6.45, 7) is 1.26. The molecule has 0 spiro atoms. The molecule has 1 aliphatic heterocycles. The lowest BCUT2D eigenvalue weighted by Gasteiger charge is -2.11. The van der Waals surface area contributed by atoms with Crippen LogP contribution in [0.5, 0.6) is 0 Å². The molecule has 2 aromatic carbocycles. The van der Waals surface area contributed by atoms with Gasteiger partial charge in [0.15, 0.2) is 0 Å². The number of benzene rings is 2. The number of anilines is 1. The van der Waals surface area contributed by atoms with E-state index in [1.165, 1.54) is 6.07 Å². The molecular formula is C19H18Cl2N2O3. The Morgan fingerprint density at radius 3 is 2.50 bits per heavy atom. The molecule has 7 heteroatoms. The van der Waals surface area contributed by atoms with Crippen molar-refractivity contribution >= 4 is 40.7 Å². The van der Waals surface area contributed by atoms with Crippen LogP contribution < -0.4 is 10.6 Å². The Kier molecular flexibility index (Phi) is 6.14. The number of halogens is 2. The van der Waals surface area contributed by atoms with Crippen LogP contribution in [0.3, 0.4) is 0 Å². The summed E-state index contributed by atoms with van der Waals surface area (Å²) in [5, 5.41) is 6.34. The van der Waals surface area contributed by atoms with E-state index < -0.39 is 0 Å². The molecule has 0 radical (unpaired) electrons. The molecule has 3 rings (SSSR count). The molecule has 5 nitrogen and oxygen atoms in total. The molecule has 1 aliphatic rings. The van der Waals surface area contributed by atoms with Crippen LogP contribution in [0.4, 0.5) is 5.69 Å². The van der Waals surface area contributed by atoms with Crippen LogP contribution in [-0.2, 0) is 4.74 Å². The van der Waals surface area contributed by atoms with Crippen molar-refractivity contribution in [3.63, 3.8) is 0 Å². The van der Waals surface area contributed by atoms with Crippen molar-refractivity contribution in [3.05, 3.63) is 63.6 Å². The molecule has 0 aromatic heterocycles. The van der Waals surface area contributed by atoms with Gasteiger partial charge in [-0.3, -0.25) is 9.59 Å². The van der Waals surface area contributed by atoms with Gasteiger partial charge in [0.2, 0.25) is 0 Å². The fourth-order valence-electron chi connectivity index (χ4n) is 2.69. The summed E-state index contributed by atoms with van der Waals surface area (Å²) in [6, 6.07) is 11.3. The summed E-state index contributed by atoms with van der Waals surface area (Å²) in [7, 11) is 0. The first-order valence-electron chi connectivity index (χ1n) is 8.29. The van der Waals surface area contributed by atoms with Gasteiger partial charge >= 0.3 is 0 Å². The van der Waals surface area contributed by atoms with Crippen LogP contribution in [0.25, 0.3) is 0 Å². The fraction of sp³-hybridized carbons (Fsp3) is 0.263. The lowest BCUT2D eigenvalue weighted by molar-refractivity contribution is 0.0857. The van der Waals surface area contributed by atoms with Gasteiger partial charge in [-0.1, -0.05) is 23.2 Å². The summed E-state index contributed by atoms with van der Waals surface area (Å²) in [5.41, 5.74) is 1.41. The van der Waals surface area contributed by atoms with Gasteiger partial charge in [0, 0.05) is 29.4 Å². The molecule has 0 aliphatic carbocycles. The highest BCUT2D eigenvalue weighted by molar-refractivity contribution is 6.37. The van der Waals surface area contributed by atoms with Crippen LogP contribution in [0.15, 0.2) is 42.5 Å². The molecule has 1 atom stereocenters. The van der Waals surface area contributed by atoms with E-state index in [1.807, 2.05) is 0 Å². The van der Waals surface area contributed by atoms with E-state index in [2.05, 4.69) is 10.6 Å². The Labute approximate surface area is 161 Å². The summed E-state index contributed by atoms with van der Waals surface area (Å²) in [4.78, 5) is 24.4. The van der Waals surface area contributed by atoms with Crippen molar-refractivity contribution < 1.29 is 14.3 Å². The van der Waals surface area contributed by atoms with Crippen LogP contribution in [0, 0.1) is 0 Å². The Morgan fingerprint density at radius 2 is 1.85 bits per heavy atom. The largest absolute Gasteiger partial charge is 0.376 e. The minimum Gasteiger partial charge on any atom is -0.376 e. The van der Waals surface area contributed by atoms with E-state index >= 15 is 0 Å². The van der Waals surface area contributed by atoms with Gasteiger partial charge in [-0.05, 0) is 55.3 Å². The third kappa shape index (κ3) is 4.75. The minimum atomic E-state index is -0.345. The number of ether oxygens (including phenoxy) is 1. The molecular weight excluding hydrogens is 375 g/mol. The molecule has 26 heavy (non-hydrogen) atoms. The lowest BCUT2D eigenvalue weighted by Crippen LogP contribution is -2.31. The predicted molar refractivity (Wildman–Crippen MR) is 102 cm³/mol. The molecule has 1 heterocycles. The topological polar surface area (TPSA) is 67.4 Å². The molecule has 1 saturated heterocycles. The minimum absolute atomic E-state index is 0.0987. The zero-order chi connectivity index (χ0) is 18.5. The van der Waals surface area contributed by atoms with Gasteiger partial charge in [0.05, 0.1) is 16.7 Å². The Bertz CT molecular complexity index is 803. The highest BCUT2D eigenvalue weighted by atomic mass is 35.5. The highest BCUT2D eigenvalue weighted by Gasteiger charge is 2.17. The monoisotopic (exact) mass is 392 g/mol. The van der Waals surface area contributed by atoms with Crippen molar-refractivity contribution in [2.24, 2.45) is 0 Å². The summed E-state index contributed by atoms with van der Waals surface area (Å²) in [6.07, 6.45) is 2.10. The number of hydrogen-bond donors (Lipinski definition) is 2. The van der Waals surface area contributed by atoms with E-state index in [0.29, 0.717) is 28.4 Å². The average Bonchev–Trinajstić information content (AvgIpc) is 3.13. The number of amides is 2. The normalized spacial score (nSPS) is 16.3. The smallest absolute Gasteiger partial charge is 0.257 e. The zero-order valence-electron chi connectivity index (χ0n) is 13.9. The second-order valence-electron chi connectivity index (χ2n) is 6.00. The standard InChI is InChI=1S/C19H18Cl2N2O3/c20-13-5-8-16(17(21)10-13)19(25)23-14-6-3-12(4-7-14)18(24)22-11-15-2-1-9-26-15/h3-8,10,15H,1-2,9,11H2,(H,22,24)(H,23,25). The van der Waals surface area contributed by atoms with E-state index in [1.54, 1.807) is 36.4 Å². The van der Waals surface area contributed by atoms with Gasteiger partial charge in [-0.2, -0.15) is 0 Å². The maximum Gasteiger partial charge on any atom is 0.257 e. The number of hydrogen-bond acceptors (Lipinski definition) is 3. The summed E-state index contributed by atoms with van der Waals surface area (Å²) >= 11 is 11.9. The summed E-state index contributed by atoms with van der Waals surface area (Å²) in [5.74, 6) is -0.513. The van der Waals surface area contributed by atoms with Gasteiger partial charge in [0.25, 0.3) is 11.8 Å². The SMILES string of the molecule is O=C(NCC1CCCO1)c1ccc(NC(=O)c2ccc(Cl)cc2Cl)cc1. The van der Waals surface area contributed by atoms with Crippen molar-refractivity contribution in [2.45, 2.75) is 18.9 Å². The fourth-order valence-corrected chi connectivity index (χ4v) is 3.19. The number of nitrogens with one attached hydrogen (secondary N) is 2. The van der Waals surface area contributed by atoms with Crippen LogP contribution in [0.2, 0.25) is 10.0 Å². The maximum absolute atomic E-state index is 12.3. The predicted octanol–water partition coefficient (Wildman–Crippen LogP) is 4.15. The van der Waals surface area contributed by atoms with E-state index in [4.69, 9.17) is 27.9 Å². The van der Waals surface area contributed by atoms with E-state index in [0.717, 1.165) is 19.4 Å². The number of rotatable bonds is 5. The maximum atomic E-state index is 12.3. The van der Waals surface area contributed by atoms with Crippen LogP contribution in [0.1, 0.15) is 33.6 Å². The van der Waals surface area contributed by atoms with Crippen molar-refractivity contribution in [3.8, 4) is 0 Å². The molecule has 0 saturated carbocycles. The molecule has 1 fully saturated rings. The van der Waals surface area contributed by atoms with Gasteiger partial charge < -0.3 is 15.4 Å². The third-order valence-corrected chi connectivity index (χ3v) is 4.64. The zero-order valence-corrected chi connectivity index (χ0v) is 15.4. The third-order valence-electron chi connectivity index (χ3n) is 4.09. The summed E-state index contributed by atoms with van der Waals surface area (Å²) < 4.78 is 5.48. The van der Waals surface area contributed by atoms with Crippen molar-refractivity contribution in [1.29, 1.82) is 0 Å². The highest BCUT2D eigenvalue weighted by Crippen LogP contribution is 2.22. The lowest BCUT2D eigenvalue weighted by atomic mass is 10.1. The van der Waals surface area contributed by atoms with Crippen molar-refractivity contribution in [2.75, 3.05) is 18.5 Å². The number of carbonyl (C=O) groups excluding carboxylic acids is 2. The Balaban J connectivity index is 1.58. The number of carbonyl (C=O) groups is 2. The molecule has 2 N–H and O–H groups in total. The van der Waals surface area contributed by atoms with Crippen LogP contribution in [-0.4, -0.2) is 31.1 Å². The van der Waals surface area contributed by atoms with Crippen LogP contribution >= 0.6 is 23.2 Å². The second kappa shape index (κ2) is 8.54. The molecule has 136 valence electrons. The molecule has 0 bridgehead atoms. The molecule has 2 amide bonds. The molecule has 1 unspecified atom stereocenters. The first-order valence-corrected chi connectivity index (χ1v) is 9.05.